The van der Waals surface area contributed by atoms with Crippen LogP contribution in [0.1, 0.15) is 18.5 Å². The third-order valence-electron chi connectivity index (χ3n) is 4.14. The first kappa shape index (κ1) is 20.2. The van der Waals surface area contributed by atoms with E-state index < -0.39 is 0 Å². The van der Waals surface area contributed by atoms with Crippen molar-refractivity contribution in [1.29, 1.82) is 0 Å². The van der Waals surface area contributed by atoms with E-state index in [-0.39, 0.29) is 17.7 Å². The fraction of sp³-hybridized carbons (Fsp3) is 0.190. The van der Waals surface area contributed by atoms with Gasteiger partial charge in [-0.2, -0.15) is 0 Å². The number of hydrogen-bond donors (Lipinski definition) is 1. The lowest BCUT2D eigenvalue weighted by Crippen LogP contribution is -2.28. The number of carbonyl (C=O) groups excluding carboxylic acids is 1. The molecule has 3 rings (SSSR count). The van der Waals surface area contributed by atoms with Crippen molar-refractivity contribution in [2.75, 3.05) is 5.75 Å². The molecule has 1 aromatic heterocycles. The second kappa shape index (κ2) is 9.57. The van der Waals surface area contributed by atoms with Gasteiger partial charge in [-0.15, -0.1) is 16.8 Å². The normalized spacial score (nSPS) is 11.8. The molecule has 0 bridgehead atoms. The summed E-state index contributed by atoms with van der Waals surface area (Å²) in [5, 5.41) is 12.9. The maximum Gasteiger partial charge on any atom is 0.230 e. The molecule has 5 nitrogen and oxygen atoms in total. The van der Waals surface area contributed by atoms with Crippen molar-refractivity contribution in [3.05, 3.63) is 77.8 Å². The summed E-state index contributed by atoms with van der Waals surface area (Å²) in [5.74, 6) is 0.946. The molecule has 1 atom stereocenters. The molecular formula is C21H21ClN4OS. The summed E-state index contributed by atoms with van der Waals surface area (Å²) in [7, 11) is 0. The molecule has 2 aromatic carbocycles. The number of rotatable bonds is 8. The van der Waals surface area contributed by atoms with Crippen LogP contribution in [-0.2, 0) is 11.3 Å². The summed E-state index contributed by atoms with van der Waals surface area (Å²) in [6, 6.07) is 17.2. The van der Waals surface area contributed by atoms with Gasteiger partial charge in [0, 0.05) is 17.1 Å². The zero-order valence-corrected chi connectivity index (χ0v) is 17.1. The van der Waals surface area contributed by atoms with Crippen molar-refractivity contribution in [1.82, 2.24) is 20.1 Å². The Kier molecular flexibility index (Phi) is 6.90. The minimum Gasteiger partial charge on any atom is -0.349 e. The molecule has 3 aromatic rings. The SMILES string of the molecule is C=CCn1c(SCC(=O)N[C@H](C)c2ccc(Cl)cc2)nnc1-c1ccccc1. The van der Waals surface area contributed by atoms with Crippen LogP contribution < -0.4 is 5.32 Å². The summed E-state index contributed by atoms with van der Waals surface area (Å²) >= 11 is 7.27. The van der Waals surface area contributed by atoms with Crippen molar-refractivity contribution in [3.63, 3.8) is 0 Å². The van der Waals surface area contributed by atoms with Crippen molar-refractivity contribution in [2.45, 2.75) is 24.7 Å². The quantitative estimate of drug-likeness (QED) is 0.428. The van der Waals surface area contributed by atoms with Gasteiger partial charge in [-0.1, -0.05) is 71.9 Å². The molecule has 0 radical (unpaired) electrons. The smallest absolute Gasteiger partial charge is 0.230 e. The van der Waals surface area contributed by atoms with Crippen LogP contribution in [0.15, 0.2) is 72.4 Å². The van der Waals surface area contributed by atoms with E-state index in [4.69, 9.17) is 11.6 Å². The zero-order valence-electron chi connectivity index (χ0n) is 15.5. The number of hydrogen-bond acceptors (Lipinski definition) is 4. The average Bonchev–Trinajstić information content (AvgIpc) is 3.10. The highest BCUT2D eigenvalue weighted by Crippen LogP contribution is 2.24. The second-order valence-electron chi connectivity index (χ2n) is 6.20. The fourth-order valence-corrected chi connectivity index (χ4v) is 3.62. The molecule has 1 heterocycles. The fourth-order valence-electron chi connectivity index (χ4n) is 2.74. The van der Waals surface area contributed by atoms with Crippen LogP contribution in [0.3, 0.4) is 0 Å². The van der Waals surface area contributed by atoms with E-state index in [1.807, 2.05) is 66.1 Å². The first-order valence-electron chi connectivity index (χ1n) is 8.85. The largest absolute Gasteiger partial charge is 0.349 e. The molecule has 0 unspecified atom stereocenters. The van der Waals surface area contributed by atoms with Gasteiger partial charge in [0.25, 0.3) is 0 Å². The zero-order chi connectivity index (χ0) is 19.9. The van der Waals surface area contributed by atoms with Crippen molar-refractivity contribution in [3.8, 4) is 11.4 Å². The maximum atomic E-state index is 12.4. The third kappa shape index (κ3) is 5.03. The van der Waals surface area contributed by atoms with E-state index in [1.54, 1.807) is 6.08 Å². The Morgan fingerprint density at radius 1 is 1.21 bits per heavy atom. The van der Waals surface area contributed by atoms with Gasteiger partial charge in [-0.25, -0.2) is 0 Å². The van der Waals surface area contributed by atoms with E-state index in [2.05, 4.69) is 22.1 Å². The lowest BCUT2D eigenvalue weighted by molar-refractivity contribution is -0.119. The lowest BCUT2D eigenvalue weighted by atomic mass is 10.1. The van der Waals surface area contributed by atoms with Crippen molar-refractivity contribution >= 4 is 29.3 Å². The van der Waals surface area contributed by atoms with Gasteiger partial charge in [0.1, 0.15) is 0 Å². The van der Waals surface area contributed by atoms with Crippen LogP contribution >= 0.6 is 23.4 Å². The Balaban J connectivity index is 1.65. The van der Waals surface area contributed by atoms with E-state index >= 15 is 0 Å². The molecule has 1 amide bonds. The highest BCUT2D eigenvalue weighted by molar-refractivity contribution is 7.99. The van der Waals surface area contributed by atoms with E-state index in [0.29, 0.717) is 16.7 Å². The van der Waals surface area contributed by atoms with Crippen LogP contribution in [0.5, 0.6) is 0 Å². The van der Waals surface area contributed by atoms with Crippen LogP contribution in [0, 0.1) is 0 Å². The molecule has 144 valence electrons. The van der Waals surface area contributed by atoms with Crippen molar-refractivity contribution in [2.24, 2.45) is 0 Å². The summed E-state index contributed by atoms with van der Waals surface area (Å²) in [6.45, 7) is 6.33. The summed E-state index contributed by atoms with van der Waals surface area (Å²) in [5.41, 5.74) is 1.98. The van der Waals surface area contributed by atoms with Crippen LogP contribution in [-0.4, -0.2) is 26.4 Å². The van der Waals surface area contributed by atoms with Gasteiger partial charge in [0.15, 0.2) is 11.0 Å². The number of aromatic nitrogens is 3. The van der Waals surface area contributed by atoms with E-state index in [0.717, 1.165) is 17.0 Å². The Bertz CT molecular complexity index is 941. The van der Waals surface area contributed by atoms with Gasteiger partial charge in [-0.3, -0.25) is 9.36 Å². The summed E-state index contributed by atoms with van der Waals surface area (Å²) < 4.78 is 1.96. The number of amides is 1. The standard InChI is InChI=1S/C21H21ClN4OS/c1-3-13-26-20(17-7-5-4-6-8-17)24-25-21(26)28-14-19(27)23-15(2)16-9-11-18(22)12-10-16/h3-12,15H,1,13-14H2,2H3,(H,23,27)/t15-/m1/s1. The molecule has 0 spiro atoms. The molecule has 0 aliphatic carbocycles. The van der Waals surface area contributed by atoms with Gasteiger partial charge < -0.3 is 5.32 Å². The predicted molar refractivity (Wildman–Crippen MR) is 114 cm³/mol. The number of nitrogens with zero attached hydrogens (tertiary/aromatic N) is 3. The minimum atomic E-state index is -0.101. The minimum absolute atomic E-state index is 0.0677. The highest BCUT2D eigenvalue weighted by Gasteiger charge is 2.16. The van der Waals surface area contributed by atoms with E-state index in [9.17, 15) is 4.79 Å². The number of thioether (sulfide) groups is 1. The van der Waals surface area contributed by atoms with Gasteiger partial charge >= 0.3 is 0 Å². The number of benzene rings is 2. The lowest BCUT2D eigenvalue weighted by Gasteiger charge is -2.14. The second-order valence-corrected chi connectivity index (χ2v) is 7.58. The Hall–Kier alpha value is -2.57. The molecule has 0 saturated heterocycles. The Morgan fingerprint density at radius 3 is 2.61 bits per heavy atom. The molecule has 0 fully saturated rings. The highest BCUT2D eigenvalue weighted by atomic mass is 35.5. The molecule has 0 saturated carbocycles. The molecule has 1 N–H and O–H groups in total. The molecule has 0 aliphatic rings. The topological polar surface area (TPSA) is 59.8 Å². The number of halogens is 1. The van der Waals surface area contributed by atoms with Gasteiger partial charge in [0.2, 0.25) is 5.91 Å². The summed E-state index contributed by atoms with van der Waals surface area (Å²) in [6.07, 6.45) is 1.79. The monoisotopic (exact) mass is 412 g/mol. The molecular weight excluding hydrogens is 392 g/mol. The third-order valence-corrected chi connectivity index (χ3v) is 5.36. The van der Waals surface area contributed by atoms with Crippen LogP contribution in [0.25, 0.3) is 11.4 Å². The Labute approximate surface area is 173 Å². The first-order chi connectivity index (χ1) is 13.6. The first-order valence-corrected chi connectivity index (χ1v) is 10.2. The van der Waals surface area contributed by atoms with Gasteiger partial charge in [0.05, 0.1) is 11.8 Å². The molecule has 0 aliphatic heterocycles. The summed E-state index contributed by atoms with van der Waals surface area (Å²) in [4.78, 5) is 12.4. The molecule has 7 heteroatoms. The number of nitrogens with one attached hydrogen (secondary N) is 1. The van der Waals surface area contributed by atoms with Crippen LogP contribution in [0.2, 0.25) is 5.02 Å². The number of allylic oxidation sites excluding steroid dienone is 1. The van der Waals surface area contributed by atoms with E-state index in [1.165, 1.54) is 11.8 Å². The molecule has 28 heavy (non-hydrogen) atoms. The Morgan fingerprint density at radius 2 is 1.93 bits per heavy atom. The number of carbonyl (C=O) groups is 1. The van der Waals surface area contributed by atoms with Crippen LogP contribution in [0.4, 0.5) is 0 Å². The van der Waals surface area contributed by atoms with Gasteiger partial charge in [-0.05, 0) is 24.6 Å². The maximum absolute atomic E-state index is 12.4. The predicted octanol–water partition coefficient (Wildman–Crippen LogP) is 4.75. The average molecular weight is 413 g/mol. The van der Waals surface area contributed by atoms with Crippen molar-refractivity contribution < 1.29 is 4.79 Å².